The zero-order valence-corrected chi connectivity index (χ0v) is 12.9. The lowest BCUT2D eigenvalue weighted by Crippen LogP contribution is -2.81. The SMILES string of the molecule is CN[Si](NC)(NCC(C)C)NC1CCCCC1. The molecule has 0 spiro atoms. The van der Waals surface area contributed by atoms with Crippen LogP contribution in [0, 0.1) is 5.92 Å². The highest BCUT2D eigenvalue weighted by atomic mass is 28.4. The molecule has 0 aliphatic heterocycles. The highest BCUT2D eigenvalue weighted by Gasteiger charge is 2.34. The van der Waals surface area contributed by atoms with E-state index in [4.69, 9.17) is 0 Å². The number of hydrogen-bond acceptors (Lipinski definition) is 4. The topological polar surface area (TPSA) is 48.1 Å². The average Bonchev–Trinajstić information content (AvgIpc) is 2.36. The van der Waals surface area contributed by atoms with Crippen molar-refractivity contribution < 1.29 is 0 Å². The zero-order chi connectivity index (χ0) is 12.7. The molecule has 0 aromatic carbocycles. The fourth-order valence-corrected chi connectivity index (χ4v) is 5.02. The maximum absolute atomic E-state index is 3.83. The first-order valence-corrected chi connectivity index (χ1v) is 9.02. The molecule has 0 radical (unpaired) electrons. The Morgan fingerprint density at radius 3 is 2.12 bits per heavy atom. The molecule has 0 heterocycles. The van der Waals surface area contributed by atoms with Gasteiger partial charge in [-0.1, -0.05) is 33.1 Å². The van der Waals surface area contributed by atoms with E-state index < -0.39 is 8.72 Å². The third-order valence-electron chi connectivity index (χ3n) is 3.55. The molecule has 0 unspecified atom stereocenters. The third kappa shape index (κ3) is 5.05. The van der Waals surface area contributed by atoms with E-state index in [0.717, 1.165) is 6.54 Å². The molecule has 102 valence electrons. The van der Waals surface area contributed by atoms with Gasteiger partial charge in [-0.25, -0.2) is 0 Å². The Hall–Kier alpha value is 0.0569. The standard InChI is InChI=1S/C12H30N4Si/c1-11(2)10-15-17(13-3,14-4)16-12-8-6-5-7-9-12/h11-16H,5-10H2,1-4H3. The summed E-state index contributed by atoms with van der Waals surface area (Å²) in [6, 6.07) is 0.676. The predicted molar refractivity (Wildman–Crippen MR) is 76.7 cm³/mol. The van der Waals surface area contributed by atoms with Crippen LogP contribution in [-0.2, 0) is 0 Å². The minimum Gasteiger partial charge on any atom is -0.303 e. The van der Waals surface area contributed by atoms with Gasteiger partial charge in [-0.15, -0.1) is 0 Å². The molecule has 1 rings (SSSR count). The molecule has 0 bridgehead atoms. The summed E-state index contributed by atoms with van der Waals surface area (Å²) < 4.78 is 0. The highest BCUT2D eigenvalue weighted by molar-refractivity contribution is 6.70. The average molecular weight is 258 g/mol. The summed E-state index contributed by atoms with van der Waals surface area (Å²) in [5.74, 6) is 0.678. The molecule has 0 aromatic heterocycles. The van der Waals surface area contributed by atoms with E-state index in [9.17, 15) is 0 Å². The molecular formula is C12H30N4Si. The van der Waals surface area contributed by atoms with Gasteiger partial charge in [0.1, 0.15) is 0 Å². The first-order chi connectivity index (χ1) is 8.12. The monoisotopic (exact) mass is 258 g/mol. The van der Waals surface area contributed by atoms with Crippen molar-refractivity contribution in [3.05, 3.63) is 0 Å². The second kappa shape index (κ2) is 7.48. The van der Waals surface area contributed by atoms with Crippen molar-refractivity contribution >= 4 is 8.72 Å². The van der Waals surface area contributed by atoms with E-state index in [0.29, 0.717) is 12.0 Å². The molecule has 0 atom stereocenters. The number of hydrogen-bond donors (Lipinski definition) is 4. The molecule has 4 nitrogen and oxygen atoms in total. The second-order valence-corrected chi connectivity index (χ2v) is 8.65. The molecule has 0 aromatic rings. The first kappa shape index (κ1) is 15.1. The van der Waals surface area contributed by atoms with Gasteiger partial charge < -0.3 is 14.9 Å². The minimum absolute atomic E-state index is 0.676. The van der Waals surface area contributed by atoms with Crippen LogP contribution < -0.4 is 19.9 Å². The van der Waals surface area contributed by atoms with E-state index in [1.807, 2.05) is 14.1 Å². The van der Waals surface area contributed by atoms with E-state index >= 15 is 0 Å². The maximum Gasteiger partial charge on any atom is 0.365 e. The molecule has 5 heteroatoms. The molecule has 1 saturated carbocycles. The molecule has 0 amide bonds. The van der Waals surface area contributed by atoms with Crippen molar-refractivity contribution in [2.75, 3.05) is 20.6 Å². The van der Waals surface area contributed by atoms with Crippen LogP contribution in [-0.4, -0.2) is 35.4 Å². The van der Waals surface area contributed by atoms with Crippen LogP contribution in [0.4, 0.5) is 0 Å². The molecule has 4 N–H and O–H groups in total. The smallest absolute Gasteiger partial charge is 0.303 e. The summed E-state index contributed by atoms with van der Waals surface area (Å²) in [4.78, 5) is 14.5. The molecular weight excluding hydrogens is 228 g/mol. The van der Waals surface area contributed by atoms with Crippen molar-refractivity contribution in [3.63, 3.8) is 0 Å². The van der Waals surface area contributed by atoms with Gasteiger partial charge in [-0.3, -0.25) is 4.98 Å². The Balaban J connectivity index is 2.49. The zero-order valence-electron chi connectivity index (χ0n) is 11.9. The maximum atomic E-state index is 3.83. The number of rotatable bonds is 7. The molecule has 17 heavy (non-hydrogen) atoms. The molecule has 1 aliphatic carbocycles. The molecule has 0 saturated heterocycles. The van der Waals surface area contributed by atoms with Gasteiger partial charge in [0.25, 0.3) is 0 Å². The van der Waals surface area contributed by atoms with Crippen molar-refractivity contribution in [3.8, 4) is 0 Å². The fraction of sp³-hybridized carbons (Fsp3) is 1.00. The Kier molecular flexibility index (Phi) is 6.65. The quantitative estimate of drug-likeness (QED) is 0.515. The van der Waals surface area contributed by atoms with Crippen molar-refractivity contribution in [2.45, 2.75) is 52.0 Å². The Morgan fingerprint density at radius 1 is 1.06 bits per heavy atom. The Morgan fingerprint density at radius 2 is 1.65 bits per heavy atom. The number of nitrogens with one attached hydrogen (secondary N) is 4. The second-order valence-electron chi connectivity index (χ2n) is 5.50. The van der Waals surface area contributed by atoms with Crippen molar-refractivity contribution in [1.82, 2.24) is 19.9 Å². The minimum atomic E-state index is -1.89. The van der Waals surface area contributed by atoms with E-state index in [1.165, 1.54) is 32.1 Å². The lowest BCUT2D eigenvalue weighted by molar-refractivity contribution is 0.404. The predicted octanol–water partition coefficient (Wildman–Crippen LogP) is 1.03. The summed E-state index contributed by atoms with van der Waals surface area (Å²) in [7, 11) is 2.20. The summed E-state index contributed by atoms with van der Waals surface area (Å²) in [6.45, 7) is 5.55. The van der Waals surface area contributed by atoms with Crippen LogP contribution in [0.1, 0.15) is 46.0 Å². The summed E-state index contributed by atoms with van der Waals surface area (Å²) in [5.41, 5.74) is 0. The van der Waals surface area contributed by atoms with Gasteiger partial charge in [-0.05, 0) is 39.4 Å². The van der Waals surface area contributed by atoms with E-state index in [-0.39, 0.29) is 0 Å². The van der Waals surface area contributed by atoms with Gasteiger partial charge in [0.05, 0.1) is 0 Å². The lowest BCUT2D eigenvalue weighted by Gasteiger charge is -2.37. The van der Waals surface area contributed by atoms with E-state index in [2.05, 4.69) is 33.8 Å². The third-order valence-corrected chi connectivity index (χ3v) is 6.63. The van der Waals surface area contributed by atoms with Crippen molar-refractivity contribution in [1.29, 1.82) is 0 Å². The Labute approximate surface area is 108 Å². The summed E-state index contributed by atoms with van der Waals surface area (Å²) in [6.07, 6.45) is 6.80. The first-order valence-electron chi connectivity index (χ1n) is 7.02. The highest BCUT2D eigenvalue weighted by Crippen LogP contribution is 2.17. The summed E-state index contributed by atoms with van der Waals surface area (Å²) >= 11 is 0. The van der Waals surface area contributed by atoms with Crippen LogP contribution in [0.15, 0.2) is 0 Å². The van der Waals surface area contributed by atoms with E-state index in [1.54, 1.807) is 0 Å². The van der Waals surface area contributed by atoms with Gasteiger partial charge in [0, 0.05) is 6.04 Å². The van der Waals surface area contributed by atoms with Crippen molar-refractivity contribution in [2.24, 2.45) is 5.92 Å². The van der Waals surface area contributed by atoms with Crippen LogP contribution in [0.5, 0.6) is 0 Å². The van der Waals surface area contributed by atoms with Gasteiger partial charge in [0.2, 0.25) is 0 Å². The largest absolute Gasteiger partial charge is 0.365 e. The normalized spacial score (nSPS) is 18.9. The van der Waals surface area contributed by atoms with Crippen LogP contribution in [0.25, 0.3) is 0 Å². The van der Waals surface area contributed by atoms with Gasteiger partial charge in [-0.2, -0.15) is 0 Å². The fourth-order valence-electron chi connectivity index (χ4n) is 2.41. The lowest BCUT2D eigenvalue weighted by atomic mass is 9.96. The van der Waals surface area contributed by atoms with Gasteiger partial charge >= 0.3 is 8.72 Å². The Bertz CT molecular complexity index is 201. The molecule has 1 aliphatic rings. The van der Waals surface area contributed by atoms with Crippen LogP contribution >= 0.6 is 0 Å². The van der Waals surface area contributed by atoms with Crippen LogP contribution in [0.2, 0.25) is 0 Å². The summed E-state index contributed by atoms with van der Waals surface area (Å²) in [5, 5.41) is 0. The van der Waals surface area contributed by atoms with Gasteiger partial charge in [0.15, 0.2) is 0 Å². The van der Waals surface area contributed by atoms with Crippen LogP contribution in [0.3, 0.4) is 0 Å². The molecule has 1 fully saturated rings.